The fourth-order valence-electron chi connectivity index (χ4n) is 2.79. The fourth-order valence-corrected chi connectivity index (χ4v) is 2.79. The van der Waals surface area contributed by atoms with E-state index in [4.69, 9.17) is 11.1 Å². The molecule has 0 spiro atoms. The van der Waals surface area contributed by atoms with Gasteiger partial charge in [0.2, 0.25) is 0 Å². The van der Waals surface area contributed by atoms with Crippen LogP contribution >= 0.6 is 0 Å². The molecule has 4 heteroatoms. The standard InChI is InChI=1S/C15H23N3O/c16-15(17)14-8-4-3-6-12(14)10-18-9-5-1-2-7-13(18)11-19/h3-4,6,8,13,19H,1-2,5,7,9-11H2,(H3,16,17). The Morgan fingerprint density at radius 3 is 2.84 bits per heavy atom. The highest BCUT2D eigenvalue weighted by atomic mass is 16.3. The Morgan fingerprint density at radius 1 is 1.32 bits per heavy atom. The summed E-state index contributed by atoms with van der Waals surface area (Å²) in [4.78, 5) is 2.33. The highest BCUT2D eigenvalue weighted by Gasteiger charge is 2.21. The van der Waals surface area contributed by atoms with E-state index >= 15 is 0 Å². The van der Waals surface area contributed by atoms with Crippen LogP contribution in [0.2, 0.25) is 0 Å². The Hall–Kier alpha value is -1.39. The first kappa shape index (κ1) is 14.0. The van der Waals surface area contributed by atoms with E-state index < -0.39 is 0 Å². The number of rotatable bonds is 4. The summed E-state index contributed by atoms with van der Waals surface area (Å²) >= 11 is 0. The molecule has 1 atom stereocenters. The van der Waals surface area contributed by atoms with Crippen molar-refractivity contribution in [2.75, 3.05) is 13.2 Å². The van der Waals surface area contributed by atoms with Crippen molar-refractivity contribution in [3.05, 3.63) is 35.4 Å². The van der Waals surface area contributed by atoms with Crippen LogP contribution in [-0.2, 0) is 6.54 Å². The van der Waals surface area contributed by atoms with Crippen molar-refractivity contribution in [1.29, 1.82) is 5.41 Å². The number of nitrogen functional groups attached to an aromatic ring is 1. The van der Waals surface area contributed by atoms with Gasteiger partial charge in [0, 0.05) is 18.2 Å². The quantitative estimate of drug-likeness (QED) is 0.570. The zero-order chi connectivity index (χ0) is 13.7. The van der Waals surface area contributed by atoms with Crippen LogP contribution in [0.15, 0.2) is 24.3 Å². The molecule has 0 amide bonds. The third-order valence-corrected chi connectivity index (χ3v) is 3.89. The van der Waals surface area contributed by atoms with E-state index in [0.29, 0.717) is 0 Å². The molecule has 104 valence electrons. The van der Waals surface area contributed by atoms with Gasteiger partial charge in [-0.25, -0.2) is 0 Å². The van der Waals surface area contributed by atoms with Crippen LogP contribution in [0.5, 0.6) is 0 Å². The van der Waals surface area contributed by atoms with E-state index in [2.05, 4.69) is 4.90 Å². The van der Waals surface area contributed by atoms with Gasteiger partial charge in [-0.05, 0) is 24.9 Å². The number of amidine groups is 1. The summed E-state index contributed by atoms with van der Waals surface area (Å²) in [5.74, 6) is 0.117. The Kier molecular flexibility index (Phi) is 4.93. The van der Waals surface area contributed by atoms with Crippen LogP contribution < -0.4 is 5.73 Å². The van der Waals surface area contributed by atoms with E-state index in [-0.39, 0.29) is 18.5 Å². The number of likely N-dealkylation sites (tertiary alicyclic amines) is 1. The minimum Gasteiger partial charge on any atom is -0.395 e. The second kappa shape index (κ2) is 6.68. The molecule has 0 aromatic heterocycles. The van der Waals surface area contributed by atoms with Crippen molar-refractivity contribution in [1.82, 2.24) is 4.90 Å². The predicted octanol–water partition coefficient (Wildman–Crippen LogP) is 1.71. The third-order valence-electron chi connectivity index (χ3n) is 3.89. The molecule has 1 aromatic rings. The lowest BCUT2D eigenvalue weighted by molar-refractivity contribution is 0.118. The number of hydrogen-bond donors (Lipinski definition) is 3. The molecule has 0 radical (unpaired) electrons. The second-order valence-corrected chi connectivity index (χ2v) is 5.23. The zero-order valence-corrected chi connectivity index (χ0v) is 11.3. The molecule has 0 bridgehead atoms. The molecule has 1 aromatic carbocycles. The van der Waals surface area contributed by atoms with Gasteiger partial charge in [-0.2, -0.15) is 0 Å². The maximum absolute atomic E-state index is 9.53. The Labute approximate surface area is 114 Å². The highest BCUT2D eigenvalue weighted by Crippen LogP contribution is 2.20. The van der Waals surface area contributed by atoms with Crippen LogP contribution in [0, 0.1) is 5.41 Å². The molecule has 4 N–H and O–H groups in total. The Morgan fingerprint density at radius 2 is 2.11 bits per heavy atom. The molecule has 2 rings (SSSR count). The number of hydrogen-bond acceptors (Lipinski definition) is 3. The van der Waals surface area contributed by atoms with Crippen molar-refractivity contribution in [3.8, 4) is 0 Å². The number of nitrogens with one attached hydrogen (secondary N) is 1. The summed E-state index contributed by atoms with van der Waals surface area (Å²) in [6, 6.07) is 8.04. The summed E-state index contributed by atoms with van der Waals surface area (Å²) in [7, 11) is 0. The SMILES string of the molecule is N=C(N)c1ccccc1CN1CCCCCC1CO. The maximum Gasteiger partial charge on any atom is 0.123 e. The van der Waals surface area contributed by atoms with Crippen LogP contribution in [0.4, 0.5) is 0 Å². The Bertz CT molecular complexity index is 433. The summed E-state index contributed by atoms with van der Waals surface area (Å²) in [6.45, 7) is 1.99. The van der Waals surface area contributed by atoms with Gasteiger partial charge in [-0.15, -0.1) is 0 Å². The van der Waals surface area contributed by atoms with E-state index in [1.54, 1.807) is 0 Å². The van der Waals surface area contributed by atoms with Gasteiger partial charge in [-0.3, -0.25) is 10.3 Å². The van der Waals surface area contributed by atoms with E-state index in [1.807, 2.05) is 24.3 Å². The van der Waals surface area contributed by atoms with Gasteiger partial charge in [0.25, 0.3) is 0 Å². The van der Waals surface area contributed by atoms with Gasteiger partial charge in [0.05, 0.1) is 6.61 Å². The number of aliphatic hydroxyl groups is 1. The average Bonchev–Trinajstić information content (AvgIpc) is 2.64. The minimum absolute atomic E-state index is 0.117. The van der Waals surface area contributed by atoms with Crippen LogP contribution in [0.1, 0.15) is 36.8 Å². The van der Waals surface area contributed by atoms with Crippen LogP contribution in [0.3, 0.4) is 0 Å². The molecule has 1 heterocycles. The Balaban J connectivity index is 2.16. The molecule has 1 saturated heterocycles. The summed E-state index contributed by atoms with van der Waals surface area (Å²) in [5.41, 5.74) is 7.52. The first-order valence-corrected chi connectivity index (χ1v) is 6.99. The molecule has 1 aliphatic rings. The number of aliphatic hydroxyl groups excluding tert-OH is 1. The second-order valence-electron chi connectivity index (χ2n) is 5.23. The third kappa shape index (κ3) is 3.55. The normalized spacial score (nSPS) is 21.0. The molecular formula is C15H23N3O. The van der Waals surface area contributed by atoms with Crippen molar-refractivity contribution < 1.29 is 5.11 Å². The molecule has 4 nitrogen and oxygen atoms in total. The minimum atomic E-state index is 0.117. The topological polar surface area (TPSA) is 73.3 Å². The van der Waals surface area contributed by atoms with Crippen LogP contribution in [-0.4, -0.2) is 35.0 Å². The van der Waals surface area contributed by atoms with Gasteiger partial charge in [0.15, 0.2) is 0 Å². The van der Waals surface area contributed by atoms with Gasteiger partial charge in [0.1, 0.15) is 5.84 Å². The molecule has 0 saturated carbocycles. The van der Waals surface area contributed by atoms with Gasteiger partial charge < -0.3 is 10.8 Å². The summed E-state index contributed by atoms with van der Waals surface area (Å²) < 4.78 is 0. The molecule has 19 heavy (non-hydrogen) atoms. The molecular weight excluding hydrogens is 238 g/mol. The predicted molar refractivity (Wildman–Crippen MR) is 77.2 cm³/mol. The van der Waals surface area contributed by atoms with Crippen molar-refractivity contribution in [2.45, 2.75) is 38.3 Å². The van der Waals surface area contributed by atoms with E-state index in [9.17, 15) is 5.11 Å². The lowest BCUT2D eigenvalue weighted by Crippen LogP contribution is -2.37. The van der Waals surface area contributed by atoms with Gasteiger partial charge in [-0.1, -0.05) is 37.1 Å². The molecule has 1 fully saturated rings. The first-order chi connectivity index (χ1) is 9.22. The largest absolute Gasteiger partial charge is 0.395 e. The summed E-state index contributed by atoms with van der Waals surface area (Å²) in [5, 5.41) is 17.2. The zero-order valence-electron chi connectivity index (χ0n) is 11.3. The highest BCUT2D eigenvalue weighted by molar-refractivity contribution is 5.96. The van der Waals surface area contributed by atoms with Gasteiger partial charge >= 0.3 is 0 Å². The molecule has 0 aliphatic carbocycles. The first-order valence-electron chi connectivity index (χ1n) is 6.99. The number of nitrogens with zero attached hydrogens (tertiary/aromatic N) is 1. The van der Waals surface area contributed by atoms with Crippen molar-refractivity contribution in [3.63, 3.8) is 0 Å². The number of benzene rings is 1. The molecule has 1 aliphatic heterocycles. The maximum atomic E-state index is 9.53. The fraction of sp³-hybridized carbons (Fsp3) is 0.533. The average molecular weight is 261 g/mol. The van der Waals surface area contributed by atoms with E-state index in [1.165, 1.54) is 19.3 Å². The number of nitrogens with two attached hydrogens (primary N) is 1. The lowest BCUT2D eigenvalue weighted by Gasteiger charge is -2.29. The molecule has 1 unspecified atom stereocenters. The summed E-state index contributed by atoms with van der Waals surface area (Å²) in [6.07, 6.45) is 4.66. The van der Waals surface area contributed by atoms with Crippen molar-refractivity contribution in [2.24, 2.45) is 5.73 Å². The van der Waals surface area contributed by atoms with Crippen LogP contribution in [0.25, 0.3) is 0 Å². The van der Waals surface area contributed by atoms with Crippen molar-refractivity contribution >= 4 is 5.84 Å². The lowest BCUT2D eigenvalue weighted by atomic mass is 10.0. The van der Waals surface area contributed by atoms with E-state index in [0.717, 1.165) is 30.6 Å². The monoisotopic (exact) mass is 261 g/mol. The smallest absolute Gasteiger partial charge is 0.123 e.